The molecule has 0 unspecified atom stereocenters. The van der Waals surface area contributed by atoms with Crippen LogP contribution in [-0.4, -0.2) is 27.1 Å². The van der Waals surface area contributed by atoms with Crippen LogP contribution in [0.4, 0.5) is 0 Å². The number of hydrogen-bond acceptors (Lipinski definition) is 6. The Balaban J connectivity index is 1.99. The summed E-state index contributed by atoms with van der Waals surface area (Å²) in [6, 6.07) is 3.78. The van der Waals surface area contributed by atoms with Gasteiger partial charge in [0, 0.05) is 18.9 Å². The summed E-state index contributed by atoms with van der Waals surface area (Å²) in [5.74, 6) is -0.237. The normalized spacial score (nSPS) is 10.9. The van der Waals surface area contributed by atoms with Crippen molar-refractivity contribution in [1.82, 2.24) is 14.5 Å². The molecule has 0 N–H and O–H groups in total. The van der Waals surface area contributed by atoms with Crippen LogP contribution in [-0.2, 0) is 17.7 Å². The van der Waals surface area contributed by atoms with E-state index in [0.29, 0.717) is 18.7 Å². The van der Waals surface area contributed by atoms with Crippen molar-refractivity contribution >= 4 is 17.1 Å². The molecule has 3 aromatic rings. The number of aryl methyl sites for hydroxylation is 3. The van der Waals surface area contributed by atoms with E-state index in [4.69, 9.17) is 9.15 Å². The maximum atomic E-state index is 12.7. The number of furan rings is 1. The van der Waals surface area contributed by atoms with Gasteiger partial charge in [-0.15, -0.1) is 0 Å². The van der Waals surface area contributed by atoms with Crippen molar-refractivity contribution < 1.29 is 13.9 Å². The standard InChI is InChI=1S/C17H17N3O4/c1-3-23-17(22)13-11(2)24-15-14(13)16(21)20(10-19-15)9-6-12-4-7-18-8-5-12/h4-5,7-8,10H,3,6,9H2,1-2H3. The van der Waals surface area contributed by atoms with Crippen LogP contribution in [0.25, 0.3) is 11.1 Å². The van der Waals surface area contributed by atoms with Gasteiger partial charge in [-0.25, -0.2) is 9.78 Å². The summed E-state index contributed by atoms with van der Waals surface area (Å²) in [6.45, 7) is 4.00. The zero-order valence-corrected chi connectivity index (χ0v) is 13.5. The maximum absolute atomic E-state index is 12.7. The van der Waals surface area contributed by atoms with E-state index < -0.39 is 5.97 Å². The van der Waals surface area contributed by atoms with Crippen molar-refractivity contribution in [3.63, 3.8) is 0 Å². The number of ether oxygens (including phenoxy) is 1. The Morgan fingerprint density at radius 3 is 2.79 bits per heavy atom. The fourth-order valence-corrected chi connectivity index (χ4v) is 2.54. The minimum Gasteiger partial charge on any atom is -0.462 e. The van der Waals surface area contributed by atoms with E-state index >= 15 is 0 Å². The third-order valence-electron chi connectivity index (χ3n) is 3.73. The number of nitrogens with zero attached hydrogens (tertiary/aromatic N) is 3. The van der Waals surface area contributed by atoms with E-state index in [0.717, 1.165) is 5.56 Å². The second-order valence-electron chi connectivity index (χ2n) is 5.28. The molecule has 0 aliphatic carbocycles. The van der Waals surface area contributed by atoms with Gasteiger partial charge in [0.25, 0.3) is 5.56 Å². The Hall–Kier alpha value is -2.96. The zero-order chi connectivity index (χ0) is 17.1. The lowest BCUT2D eigenvalue weighted by Gasteiger charge is -2.05. The van der Waals surface area contributed by atoms with Crippen LogP contribution in [0.3, 0.4) is 0 Å². The van der Waals surface area contributed by atoms with Crippen LogP contribution in [0.5, 0.6) is 0 Å². The van der Waals surface area contributed by atoms with Gasteiger partial charge >= 0.3 is 5.97 Å². The molecular formula is C17H17N3O4. The highest BCUT2D eigenvalue weighted by molar-refractivity contribution is 6.03. The lowest BCUT2D eigenvalue weighted by molar-refractivity contribution is 0.0526. The predicted molar refractivity (Wildman–Crippen MR) is 86.9 cm³/mol. The first-order valence-electron chi connectivity index (χ1n) is 7.66. The minimum atomic E-state index is -0.570. The molecule has 124 valence electrons. The molecule has 7 heteroatoms. The summed E-state index contributed by atoms with van der Waals surface area (Å²) in [4.78, 5) is 33.0. The van der Waals surface area contributed by atoms with Gasteiger partial charge in [-0.2, -0.15) is 0 Å². The van der Waals surface area contributed by atoms with E-state index in [1.807, 2.05) is 12.1 Å². The van der Waals surface area contributed by atoms with Crippen LogP contribution in [0, 0.1) is 6.92 Å². The van der Waals surface area contributed by atoms with Gasteiger partial charge in [0.05, 0.1) is 6.61 Å². The average molecular weight is 327 g/mol. The van der Waals surface area contributed by atoms with Crippen molar-refractivity contribution in [3.05, 3.63) is 58.1 Å². The predicted octanol–water partition coefficient (Wildman–Crippen LogP) is 2.11. The highest BCUT2D eigenvalue weighted by Gasteiger charge is 2.23. The molecular weight excluding hydrogens is 310 g/mol. The number of pyridine rings is 1. The van der Waals surface area contributed by atoms with E-state index in [9.17, 15) is 9.59 Å². The number of esters is 1. The fraction of sp³-hybridized carbons (Fsp3) is 0.294. The molecule has 0 fully saturated rings. The molecule has 3 heterocycles. The zero-order valence-electron chi connectivity index (χ0n) is 13.5. The lowest BCUT2D eigenvalue weighted by atomic mass is 10.2. The van der Waals surface area contributed by atoms with Crippen LogP contribution in [0.1, 0.15) is 28.6 Å². The third-order valence-corrected chi connectivity index (χ3v) is 3.73. The van der Waals surface area contributed by atoms with Gasteiger partial charge in [0.15, 0.2) is 0 Å². The largest absolute Gasteiger partial charge is 0.462 e. The number of carbonyl (C=O) groups is 1. The Labute approximate surface area is 137 Å². The molecule has 0 bridgehead atoms. The molecule has 0 spiro atoms. The number of aromatic nitrogens is 3. The molecule has 24 heavy (non-hydrogen) atoms. The second-order valence-corrected chi connectivity index (χ2v) is 5.28. The molecule has 7 nitrogen and oxygen atoms in total. The molecule has 0 atom stereocenters. The summed E-state index contributed by atoms with van der Waals surface area (Å²) in [7, 11) is 0. The van der Waals surface area contributed by atoms with Gasteiger partial charge in [0.1, 0.15) is 23.0 Å². The Kier molecular flexibility index (Phi) is 4.41. The summed E-state index contributed by atoms with van der Waals surface area (Å²) < 4.78 is 11.9. The molecule has 0 saturated heterocycles. The van der Waals surface area contributed by atoms with Crippen LogP contribution < -0.4 is 5.56 Å². The summed E-state index contributed by atoms with van der Waals surface area (Å²) in [5.41, 5.74) is 1.06. The van der Waals surface area contributed by atoms with E-state index in [1.165, 1.54) is 10.9 Å². The topological polar surface area (TPSA) is 87.2 Å². The Morgan fingerprint density at radius 2 is 2.08 bits per heavy atom. The van der Waals surface area contributed by atoms with E-state index in [1.54, 1.807) is 26.2 Å². The highest BCUT2D eigenvalue weighted by atomic mass is 16.5. The molecule has 3 rings (SSSR count). The third kappa shape index (κ3) is 2.92. The van der Waals surface area contributed by atoms with Gasteiger partial charge in [-0.3, -0.25) is 14.3 Å². The van der Waals surface area contributed by atoms with Crippen molar-refractivity contribution in [2.24, 2.45) is 0 Å². The van der Waals surface area contributed by atoms with Gasteiger partial charge in [-0.05, 0) is 38.0 Å². The van der Waals surface area contributed by atoms with E-state index in [2.05, 4.69) is 9.97 Å². The first kappa shape index (κ1) is 15.9. The lowest BCUT2D eigenvalue weighted by Crippen LogP contribution is -2.23. The Bertz CT molecular complexity index is 928. The van der Waals surface area contributed by atoms with Crippen LogP contribution in [0.2, 0.25) is 0 Å². The second kappa shape index (κ2) is 6.66. The first-order valence-corrected chi connectivity index (χ1v) is 7.66. The van der Waals surface area contributed by atoms with Crippen molar-refractivity contribution in [2.75, 3.05) is 6.61 Å². The molecule has 3 aromatic heterocycles. The fourth-order valence-electron chi connectivity index (χ4n) is 2.54. The maximum Gasteiger partial charge on any atom is 0.342 e. The van der Waals surface area contributed by atoms with Gasteiger partial charge < -0.3 is 9.15 Å². The molecule has 0 aliphatic rings. The highest BCUT2D eigenvalue weighted by Crippen LogP contribution is 2.21. The number of carbonyl (C=O) groups excluding carboxylic acids is 1. The van der Waals surface area contributed by atoms with Crippen LogP contribution in [0.15, 0.2) is 40.1 Å². The van der Waals surface area contributed by atoms with Gasteiger partial charge in [-0.1, -0.05) is 0 Å². The Morgan fingerprint density at radius 1 is 1.33 bits per heavy atom. The SMILES string of the molecule is CCOC(=O)c1c(C)oc2ncn(CCc3ccncc3)c(=O)c12. The number of rotatable bonds is 5. The monoisotopic (exact) mass is 327 g/mol. The van der Waals surface area contributed by atoms with Gasteiger partial charge in [0.2, 0.25) is 5.71 Å². The summed E-state index contributed by atoms with van der Waals surface area (Å²) >= 11 is 0. The first-order chi connectivity index (χ1) is 11.6. The number of fused-ring (bicyclic) bond motifs is 1. The van der Waals surface area contributed by atoms with Crippen molar-refractivity contribution in [3.8, 4) is 0 Å². The van der Waals surface area contributed by atoms with Crippen molar-refractivity contribution in [1.29, 1.82) is 0 Å². The quantitative estimate of drug-likeness (QED) is 0.667. The summed E-state index contributed by atoms with van der Waals surface area (Å²) in [6.07, 6.45) is 5.50. The molecule has 0 aromatic carbocycles. The van der Waals surface area contributed by atoms with Crippen molar-refractivity contribution in [2.45, 2.75) is 26.8 Å². The molecule has 0 radical (unpaired) electrons. The molecule has 0 amide bonds. The summed E-state index contributed by atoms with van der Waals surface area (Å²) in [5, 5.41) is 0.170. The molecule has 0 aliphatic heterocycles. The van der Waals surface area contributed by atoms with E-state index in [-0.39, 0.29) is 28.8 Å². The minimum absolute atomic E-state index is 0.153. The number of hydrogen-bond donors (Lipinski definition) is 0. The smallest absolute Gasteiger partial charge is 0.342 e. The van der Waals surface area contributed by atoms with Crippen LogP contribution >= 0.6 is 0 Å². The molecule has 0 saturated carbocycles. The average Bonchev–Trinajstić information content (AvgIpc) is 2.92.